The van der Waals surface area contributed by atoms with Crippen molar-refractivity contribution in [3.63, 3.8) is 0 Å². The van der Waals surface area contributed by atoms with Gasteiger partial charge in [0.1, 0.15) is 5.78 Å². The Hall–Kier alpha value is -1.56. The molecule has 1 aromatic rings. The number of halogens is 1. The molecular weight excluding hydrogens is 302 g/mol. The molecule has 6 heteroatoms. The van der Waals surface area contributed by atoms with Gasteiger partial charge >= 0.3 is 0 Å². The van der Waals surface area contributed by atoms with Crippen LogP contribution in [0.1, 0.15) is 17.3 Å². The molecule has 0 fully saturated rings. The zero-order valence-corrected chi connectivity index (χ0v) is 12.0. The minimum Gasteiger partial charge on any atom is -0.493 e. The molecule has 1 rings (SSSR count). The van der Waals surface area contributed by atoms with Crippen LogP contribution in [0.2, 0.25) is 0 Å². The highest BCUT2D eigenvalue weighted by atomic mass is 79.9. The Labute approximate surface area is 114 Å². The lowest BCUT2D eigenvalue weighted by Gasteiger charge is -2.11. The van der Waals surface area contributed by atoms with Crippen LogP contribution in [0.15, 0.2) is 16.6 Å². The van der Waals surface area contributed by atoms with Crippen molar-refractivity contribution in [2.75, 3.05) is 20.8 Å². The summed E-state index contributed by atoms with van der Waals surface area (Å²) in [5, 5.41) is 2.51. The highest BCUT2D eigenvalue weighted by molar-refractivity contribution is 9.10. The summed E-state index contributed by atoms with van der Waals surface area (Å²) in [6.07, 6.45) is 0. The highest BCUT2D eigenvalue weighted by Crippen LogP contribution is 2.33. The Balaban J connectivity index is 3.01. The fraction of sp³-hybridized carbons (Fsp3) is 0.333. The Morgan fingerprint density at radius 3 is 2.28 bits per heavy atom. The second kappa shape index (κ2) is 6.39. The number of hydrogen-bond acceptors (Lipinski definition) is 4. The monoisotopic (exact) mass is 315 g/mol. The van der Waals surface area contributed by atoms with Gasteiger partial charge in [0.2, 0.25) is 0 Å². The summed E-state index contributed by atoms with van der Waals surface area (Å²) in [5.74, 6) is 0.513. The van der Waals surface area contributed by atoms with E-state index in [1.54, 1.807) is 12.1 Å². The van der Waals surface area contributed by atoms with E-state index in [2.05, 4.69) is 21.2 Å². The molecule has 18 heavy (non-hydrogen) atoms. The van der Waals surface area contributed by atoms with Gasteiger partial charge < -0.3 is 14.8 Å². The summed E-state index contributed by atoms with van der Waals surface area (Å²) in [5.41, 5.74) is 0.383. The molecule has 1 N–H and O–H groups in total. The molecular formula is C12H14BrNO4. The number of methoxy groups -OCH3 is 2. The van der Waals surface area contributed by atoms with Crippen LogP contribution in [0.3, 0.4) is 0 Å². The first kappa shape index (κ1) is 14.5. The molecule has 0 atom stereocenters. The molecule has 0 aliphatic heterocycles. The molecule has 0 heterocycles. The fourth-order valence-electron chi connectivity index (χ4n) is 1.33. The number of carbonyl (C=O) groups excluding carboxylic acids is 2. The van der Waals surface area contributed by atoms with Crippen molar-refractivity contribution < 1.29 is 19.1 Å². The van der Waals surface area contributed by atoms with Crippen LogP contribution in [0.25, 0.3) is 0 Å². The molecule has 0 radical (unpaired) electrons. The van der Waals surface area contributed by atoms with Gasteiger partial charge in [-0.1, -0.05) is 0 Å². The van der Waals surface area contributed by atoms with E-state index in [1.165, 1.54) is 21.1 Å². The minimum atomic E-state index is -0.349. The van der Waals surface area contributed by atoms with Gasteiger partial charge in [-0.2, -0.15) is 0 Å². The Kier molecular flexibility index (Phi) is 5.15. The largest absolute Gasteiger partial charge is 0.493 e. The average molecular weight is 316 g/mol. The number of carbonyl (C=O) groups is 2. The fourth-order valence-corrected chi connectivity index (χ4v) is 1.83. The molecule has 5 nitrogen and oxygen atoms in total. The van der Waals surface area contributed by atoms with Gasteiger partial charge in [0.15, 0.2) is 11.5 Å². The lowest BCUT2D eigenvalue weighted by molar-refractivity contribution is -0.116. The summed E-state index contributed by atoms with van der Waals surface area (Å²) in [6.45, 7) is 1.41. The van der Waals surface area contributed by atoms with Crippen LogP contribution in [0.4, 0.5) is 0 Å². The first-order valence-electron chi connectivity index (χ1n) is 5.18. The molecule has 0 aromatic heterocycles. The summed E-state index contributed by atoms with van der Waals surface area (Å²) in [4.78, 5) is 22.7. The van der Waals surface area contributed by atoms with Crippen LogP contribution in [-0.4, -0.2) is 32.5 Å². The Morgan fingerprint density at radius 1 is 1.22 bits per heavy atom. The maximum absolute atomic E-state index is 11.8. The first-order valence-corrected chi connectivity index (χ1v) is 5.98. The molecule has 0 aliphatic carbocycles. The number of benzene rings is 1. The van der Waals surface area contributed by atoms with E-state index >= 15 is 0 Å². The molecule has 0 saturated carbocycles. The quantitative estimate of drug-likeness (QED) is 0.899. The average Bonchev–Trinajstić information content (AvgIpc) is 2.35. The van der Waals surface area contributed by atoms with Crippen LogP contribution in [0, 0.1) is 0 Å². The van der Waals surface area contributed by atoms with E-state index in [1.807, 2.05) is 0 Å². The third-order valence-electron chi connectivity index (χ3n) is 2.22. The van der Waals surface area contributed by atoms with Crippen molar-refractivity contribution in [3.8, 4) is 11.5 Å². The lowest BCUT2D eigenvalue weighted by atomic mass is 10.2. The molecule has 0 unspecified atom stereocenters. The lowest BCUT2D eigenvalue weighted by Crippen LogP contribution is -2.28. The molecule has 0 saturated heterocycles. The van der Waals surface area contributed by atoms with Crippen LogP contribution in [0.5, 0.6) is 11.5 Å². The van der Waals surface area contributed by atoms with Crippen molar-refractivity contribution in [1.29, 1.82) is 0 Å². The first-order chi connectivity index (χ1) is 8.49. The normalized spacial score (nSPS) is 9.78. The number of Topliss-reactive ketones (excluding diaryl/α,β-unsaturated/α-hetero) is 1. The number of hydrogen-bond donors (Lipinski definition) is 1. The van der Waals surface area contributed by atoms with Crippen molar-refractivity contribution in [3.05, 3.63) is 22.2 Å². The van der Waals surface area contributed by atoms with Crippen LogP contribution in [-0.2, 0) is 4.79 Å². The molecule has 0 bridgehead atoms. The van der Waals surface area contributed by atoms with E-state index < -0.39 is 0 Å². The number of amides is 1. The van der Waals surface area contributed by atoms with Gasteiger partial charge in [0.05, 0.1) is 26.3 Å². The number of ether oxygens (including phenoxy) is 2. The second-order valence-electron chi connectivity index (χ2n) is 3.57. The number of rotatable bonds is 5. The van der Waals surface area contributed by atoms with Crippen molar-refractivity contribution in [2.45, 2.75) is 6.92 Å². The van der Waals surface area contributed by atoms with Crippen molar-refractivity contribution in [2.24, 2.45) is 0 Å². The number of nitrogens with one attached hydrogen (secondary N) is 1. The second-order valence-corrected chi connectivity index (χ2v) is 4.43. The van der Waals surface area contributed by atoms with Gasteiger partial charge in [-0.15, -0.1) is 0 Å². The van der Waals surface area contributed by atoms with E-state index in [0.717, 1.165) is 0 Å². The third kappa shape index (κ3) is 3.46. The number of ketones is 1. The van der Waals surface area contributed by atoms with Gasteiger partial charge in [-0.3, -0.25) is 9.59 Å². The van der Waals surface area contributed by atoms with E-state index in [-0.39, 0.29) is 18.2 Å². The minimum absolute atomic E-state index is 0.000379. The maximum Gasteiger partial charge on any atom is 0.252 e. The third-order valence-corrected chi connectivity index (χ3v) is 2.87. The summed E-state index contributed by atoms with van der Waals surface area (Å²) >= 11 is 3.28. The smallest absolute Gasteiger partial charge is 0.252 e. The Bertz CT molecular complexity index is 473. The highest BCUT2D eigenvalue weighted by Gasteiger charge is 2.15. The van der Waals surface area contributed by atoms with E-state index in [9.17, 15) is 9.59 Å². The van der Waals surface area contributed by atoms with Gasteiger partial charge in [0, 0.05) is 4.47 Å². The zero-order valence-electron chi connectivity index (χ0n) is 10.4. The molecule has 1 amide bonds. The van der Waals surface area contributed by atoms with E-state index in [0.29, 0.717) is 21.5 Å². The molecule has 1 aromatic carbocycles. The Morgan fingerprint density at radius 2 is 1.78 bits per heavy atom. The molecule has 98 valence electrons. The molecule has 0 aliphatic rings. The standard InChI is InChI=1S/C12H14BrNO4/c1-7(15)6-14-12(16)8-4-10(17-2)11(18-3)5-9(8)13/h4-5H,6H2,1-3H3,(H,14,16). The summed E-state index contributed by atoms with van der Waals surface area (Å²) in [7, 11) is 3.00. The van der Waals surface area contributed by atoms with Crippen LogP contribution < -0.4 is 14.8 Å². The topological polar surface area (TPSA) is 64.6 Å². The van der Waals surface area contributed by atoms with E-state index in [4.69, 9.17) is 9.47 Å². The predicted molar refractivity (Wildman–Crippen MR) is 70.3 cm³/mol. The van der Waals surface area contributed by atoms with Crippen LogP contribution >= 0.6 is 15.9 Å². The zero-order chi connectivity index (χ0) is 13.7. The van der Waals surface area contributed by atoms with Gasteiger partial charge in [0.25, 0.3) is 5.91 Å². The van der Waals surface area contributed by atoms with Gasteiger partial charge in [-0.05, 0) is 35.0 Å². The maximum atomic E-state index is 11.8. The van der Waals surface area contributed by atoms with Crippen molar-refractivity contribution in [1.82, 2.24) is 5.32 Å². The summed E-state index contributed by atoms with van der Waals surface area (Å²) in [6, 6.07) is 3.19. The predicted octanol–water partition coefficient (Wildman–Crippen LogP) is 1.79. The van der Waals surface area contributed by atoms with Gasteiger partial charge in [-0.25, -0.2) is 0 Å². The molecule has 0 spiro atoms. The SMILES string of the molecule is COc1cc(Br)c(C(=O)NCC(C)=O)cc1OC. The van der Waals surface area contributed by atoms with Crippen molar-refractivity contribution >= 4 is 27.6 Å². The summed E-state index contributed by atoms with van der Waals surface area (Å²) < 4.78 is 10.8.